The number of halogens is 2. The van der Waals surface area contributed by atoms with E-state index in [1.165, 1.54) is 7.11 Å². The van der Waals surface area contributed by atoms with Crippen molar-refractivity contribution < 1.29 is 14.3 Å². The fourth-order valence-corrected chi connectivity index (χ4v) is 2.56. The van der Waals surface area contributed by atoms with Crippen molar-refractivity contribution in [2.24, 2.45) is 0 Å². The molecule has 120 valence electrons. The highest BCUT2D eigenvalue weighted by atomic mass is 79.9. The summed E-state index contributed by atoms with van der Waals surface area (Å²) >= 11 is 9.37. The van der Waals surface area contributed by atoms with Crippen molar-refractivity contribution in [3.8, 4) is 0 Å². The van der Waals surface area contributed by atoms with Gasteiger partial charge >= 0.3 is 5.97 Å². The number of rotatable bonds is 5. The summed E-state index contributed by atoms with van der Waals surface area (Å²) in [6, 6.07) is 13.4. The normalized spacial score (nSPS) is 11.6. The van der Waals surface area contributed by atoms with Gasteiger partial charge in [0.2, 0.25) is 0 Å². The maximum absolute atomic E-state index is 12.3. The number of hydrogen-bond donors (Lipinski definition) is 1. The number of carbonyl (C=O) groups is 2. The van der Waals surface area contributed by atoms with Crippen molar-refractivity contribution >= 4 is 39.4 Å². The van der Waals surface area contributed by atoms with Gasteiger partial charge in [-0.25, -0.2) is 4.79 Å². The second-order valence-electron chi connectivity index (χ2n) is 4.86. The summed E-state index contributed by atoms with van der Waals surface area (Å²) < 4.78 is 5.72. The van der Waals surface area contributed by atoms with Crippen LogP contribution in [0.1, 0.15) is 15.9 Å². The van der Waals surface area contributed by atoms with Crippen LogP contribution in [0.3, 0.4) is 0 Å². The molecule has 2 aromatic carbocycles. The van der Waals surface area contributed by atoms with Gasteiger partial charge in [-0.15, -0.1) is 0 Å². The lowest BCUT2D eigenvalue weighted by Crippen LogP contribution is -2.43. The predicted molar refractivity (Wildman–Crippen MR) is 92.6 cm³/mol. The van der Waals surface area contributed by atoms with Crippen LogP contribution in [0.15, 0.2) is 53.0 Å². The van der Waals surface area contributed by atoms with Crippen LogP contribution in [-0.2, 0) is 16.0 Å². The lowest BCUT2D eigenvalue weighted by molar-refractivity contribution is -0.142. The monoisotopic (exact) mass is 395 g/mol. The van der Waals surface area contributed by atoms with Gasteiger partial charge < -0.3 is 10.1 Å². The van der Waals surface area contributed by atoms with Gasteiger partial charge in [0.05, 0.1) is 17.7 Å². The second kappa shape index (κ2) is 8.13. The molecule has 1 amide bonds. The second-order valence-corrected chi connectivity index (χ2v) is 6.18. The lowest BCUT2D eigenvalue weighted by atomic mass is 10.1. The van der Waals surface area contributed by atoms with Crippen molar-refractivity contribution in [1.29, 1.82) is 0 Å². The molecule has 23 heavy (non-hydrogen) atoms. The van der Waals surface area contributed by atoms with E-state index in [0.717, 1.165) is 10.0 Å². The minimum atomic E-state index is -0.787. The van der Waals surface area contributed by atoms with Gasteiger partial charge in [-0.3, -0.25) is 4.79 Å². The number of benzene rings is 2. The first-order chi connectivity index (χ1) is 11.0. The van der Waals surface area contributed by atoms with Gasteiger partial charge in [0.1, 0.15) is 6.04 Å². The Kier molecular flexibility index (Phi) is 6.19. The van der Waals surface area contributed by atoms with Crippen LogP contribution in [0, 0.1) is 0 Å². The highest BCUT2D eigenvalue weighted by Crippen LogP contribution is 2.16. The zero-order valence-corrected chi connectivity index (χ0v) is 14.7. The summed E-state index contributed by atoms with van der Waals surface area (Å²) in [5, 5.41) is 3.01. The molecule has 4 nitrogen and oxygen atoms in total. The Balaban J connectivity index is 2.15. The average molecular weight is 397 g/mol. The maximum Gasteiger partial charge on any atom is 0.328 e. The fraction of sp³-hybridized carbons (Fsp3) is 0.176. The standard InChI is InChI=1S/C17H15BrClNO3/c1-23-17(22)15(10-11-6-8-12(18)9-7-11)20-16(21)13-4-2-3-5-14(13)19/h2-9,15H,10H2,1H3,(H,20,21)/t15-/m1/s1. The summed E-state index contributed by atoms with van der Waals surface area (Å²) in [7, 11) is 1.29. The quantitative estimate of drug-likeness (QED) is 0.786. The first-order valence-corrected chi connectivity index (χ1v) is 8.06. The highest BCUT2D eigenvalue weighted by molar-refractivity contribution is 9.10. The van der Waals surface area contributed by atoms with Gasteiger partial charge in [0.25, 0.3) is 5.91 Å². The SMILES string of the molecule is COC(=O)[C@@H](Cc1ccc(Br)cc1)NC(=O)c1ccccc1Cl. The van der Waals surface area contributed by atoms with Crippen molar-refractivity contribution in [2.75, 3.05) is 7.11 Å². The van der Waals surface area contributed by atoms with Gasteiger partial charge in [0.15, 0.2) is 0 Å². The van der Waals surface area contributed by atoms with E-state index in [2.05, 4.69) is 21.2 Å². The first kappa shape index (κ1) is 17.5. The third kappa shape index (κ3) is 4.81. The van der Waals surface area contributed by atoms with Crippen LogP contribution < -0.4 is 5.32 Å². The van der Waals surface area contributed by atoms with Crippen LogP contribution in [0.5, 0.6) is 0 Å². The summed E-state index contributed by atoms with van der Waals surface area (Å²) in [5.41, 5.74) is 1.22. The predicted octanol–water partition coefficient (Wildman–Crippen LogP) is 3.62. The van der Waals surface area contributed by atoms with Crippen molar-refractivity contribution in [3.63, 3.8) is 0 Å². The number of hydrogen-bond acceptors (Lipinski definition) is 3. The Morgan fingerprint density at radius 2 is 1.83 bits per heavy atom. The molecular weight excluding hydrogens is 382 g/mol. The number of ether oxygens (including phenoxy) is 1. The van der Waals surface area contributed by atoms with E-state index in [-0.39, 0.29) is 0 Å². The highest BCUT2D eigenvalue weighted by Gasteiger charge is 2.23. The molecule has 2 rings (SSSR count). The Bertz CT molecular complexity index is 703. The molecular formula is C17H15BrClNO3. The van der Waals surface area contributed by atoms with Gasteiger partial charge in [0, 0.05) is 10.9 Å². The number of nitrogens with one attached hydrogen (secondary N) is 1. The van der Waals surface area contributed by atoms with E-state index in [0.29, 0.717) is 17.0 Å². The van der Waals surface area contributed by atoms with E-state index in [4.69, 9.17) is 16.3 Å². The number of carbonyl (C=O) groups excluding carboxylic acids is 2. The molecule has 0 fully saturated rings. The van der Waals surface area contributed by atoms with Crippen LogP contribution in [0.4, 0.5) is 0 Å². The van der Waals surface area contributed by atoms with E-state index >= 15 is 0 Å². The molecule has 0 saturated carbocycles. The van der Waals surface area contributed by atoms with E-state index in [1.807, 2.05) is 24.3 Å². The number of amides is 1. The molecule has 0 aliphatic heterocycles. The summed E-state index contributed by atoms with van der Waals surface area (Å²) in [6.07, 6.45) is 0.330. The van der Waals surface area contributed by atoms with Gasteiger partial charge in [-0.2, -0.15) is 0 Å². The smallest absolute Gasteiger partial charge is 0.328 e. The fourth-order valence-electron chi connectivity index (χ4n) is 2.07. The largest absolute Gasteiger partial charge is 0.467 e. The third-order valence-corrected chi connectivity index (χ3v) is 4.12. The Hall–Kier alpha value is -1.85. The summed E-state index contributed by atoms with van der Waals surface area (Å²) in [6.45, 7) is 0. The molecule has 6 heteroatoms. The molecule has 0 spiro atoms. The molecule has 2 aromatic rings. The van der Waals surface area contributed by atoms with Crippen molar-refractivity contribution in [2.45, 2.75) is 12.5 Å². The number of esters is 1. The molecule has 1 atom stereocenters. The molecule has 0 aromatic heterocycles. The molecule has 1 N–H and O–H groups in total. The first-order valence-electron chi connectivity index (χ1n) is 6.89. The third-order valence-electron chi connectivity index (χ3n) is 3.26. The Morgan fingerprint density at radius 1 is 1.17 bits per heavy atom. The van der Waals surface area contributed by atoms with Crippen LogP contribution in [0.2, 0.25) is 5.02 Å². The van der Waals surface area contributed by atoms with Crippen LogP contribution >= 0.6 is 27.5 Å². The van der Waals surface area contributed by atoms with Crippen molar-refractivity contribution in [3.05, 3.63) is 69.2 Å². The zero-order chi connectivity index (χ0) is 16.8. The number of methoxy groups -OCH3 is 1. The van der Waals surface area contributed by atoms with Crippen molar-refractivity contribution in [1.82, 2.24) is 5.32 Å². The molecule has 0 radical (unpaired) electrons. The minimum Gasteiger partial charge on any atom is -0.467 e. The molecule has 0 saturated heterocycles. The summed E-state index contributed by atoms with van der Waals surface area (Å²) in [5.74, 6) is -0.920. The molecule has 0 bridgehead atoms. The van der Waals surface area contributed by atoms with Gasteiger partial charge in [-0.1, -0.05) is 51.8 Å². The zero-order valence-electron chi connectivity index (χ0n) is 12.4. The van der Waals surface area contributed by atoms with Crippen LogP contribution in [-0.4, -0.2) is 25.0 Å². The van der Waals surface area contributed by atoms with E-state index in [9.17, 15) is 9.59 Å². The average Bonchev–Trinajstić information content (AvgIpc) is 2.55. The maximum atomic E-state index is 12.3. The summed E-state index contributed by atoms with van der Waals surface area (Å²) in [4.78, 5) is 24.3. The van der Waals surface area contributed by atoms with Crippen LogP contribution in [0.25, 0.3) is 0 Å². The Labute approximate surface area is 147 Å². The topological polar surface area (TPSA) is 55.4 Å². The van der Waals surface area contributed by atoms with E-state index in [1.54, 1.807) is 24.3 Å². The molecule has 0 aliphatic carbocycles. The molecule has 0 unspecified atom stereocenters. The lowest BCUT2D eigenvalue weighted by Gasteiger charge is -2.17. The molecule has 0 aliphatic rings. The van der Waals surface area contributed by atoms with E-state index < -0.39 is 17.9 Å². The van der Waals surface area contributed by atoms with Gasteiger partial charge in [-0.05, 0) is 29.8 Å². The Morgan fingerprint density at radius 3 is 2.43 bits per heavy atom. The minimum absolute atomic E-state index is 0.318. The molecule has 0 heterocycles.